The van der Waals surface area contributed by atoms with Gasteiger partial charge in [-0.05, 0) is 41.1 Å². The number of hydrogen-bond acceptors (Lipinski definition) is 5. The molecule has 24 heavy (non-hydrogen) atoms. The molecule has 0 saturated heterocycles. The van der Waals surface area contributed by atoms with Crippen LogP contribution in [-0.4, -0.2) is 45.6 Å². The maximum atomic E-state index is 12.8. The molecular weight excluding hydrogens is 324 g/mol. The predicted octanol–water partition coefficient (Wildman–Crippen LogP) is 1.97. The Morgan fingerprint density at radius 2 is 2.29 bits per heavy atom. The molecule has 128 valence electrons. The van der Waals surface area contributed by atoms with Crippen molar-refractivity contribution in [3.8, 4) is 0 Å². The van der Waals surface area contributed by atoms with Gasteiger partial charge in [-0.25, -0.2) is 0 Å². The number of carbonyl (C=O) groups excluding carboxylic acids is 1. The van der Waals surface area contributed by atoms with E-state index in [9.17, 15) is 4.79 Å². The highest BCUT2D eigenvalue weighted by molar-refractivity contribution is 7.07. The van der Waals surface area contributed by atoms with Crippen molar-refractivity contribution in [1.82, 2.24) is 19.9 Å². The van der Waals surface area contributed by atoms with Crippen LogP contribution in [-0.2, 0) is 29.4 Å². The largest absolute Gasteiger partial charge is 0.379 e. The molecule has 7 heteroatoms. The average molecular weight is 346 g/mol. The quantitative estimate of drug-likeness (QED) is 0.802. The highest BCUT2D eigenvalue weighted by atomic mass is 32.1. The molecule has 2 aromatic rings. The summed E-state index contributed by atoms with van der Waals surface area (Å²) in [5, 5.41) is 12.5. The molecule has 1 amide bonds. The maximum absolute atomic E-state index is 12.8. The van der Waals surface area contributed by atoms with Crippen LogP contribution in [0.15, 0.2) is 16.8 Å². The van der Waals surface area contributed by atoms with Crippen molar-refractivity contribution in [3.05, 3.63) is 33.8 Å². The zero-order chi connectivity index (χ0) is 16.5. The topological polar surface area (TPSA) is 60.2 Å². The van der Waals surface area contributed by atoms with Gasteiger partial charge < -0.3 is 9.64 Å². The van der Waals surface area contributed by atoms with Gasteiger partial charge in [0.2, 0.25) is 5.91 Å². The standard InChI is InChI=1S/C17H22N4O2S/c1-20-14-4-6-21(16(22)8-13-5-7-24-11-13)15(17(14)18-19-20)10-23-9-12-2-3-12/h5,7,11-12,15H,2-4,6,8-10H2,1H3. The second-order valence-electron chi connectivity index (χ2n) is 6.69. The summed E-state index contributed by atoms with van der Waals surface area (Å²) in [4.78, 5) is 14.8. The molecule has 1 saturated carbocycles. The number of rotatable bonds is 6. The number of nitrogens with zero attached hydrogens (tertiary/aromatic N) is 4. The van der Waals surface area contributed by atoms with Crippen LogP contribution < -0.4 is 0 Å². The van der Waals surface area contributed by atoms with Crippen molar-refractivity contribution in [1.29, 1.82) is 0 Å². The number of carbonyl (C=O) groups is 1. The highest BCUT2D eigenvalue weighted by Crippen LogP contribution is 2.32. The smallest absolute Gasteiger partial charge is 0.227 e. The molecule has 1 atom stereocenters. The predicted molar refractivity (Wildman–Crippen MR) is 90.7 cm³/mol. The minimum atomic E-state index is -0.118. The third-order valence-corrected chi connectivity index (χ3v) is 5.57. The molecule has 1 unspecified atom stereocenters. The van der Waals surface area contributed by atoms with Crippen molar-refractivity contribution >= 4 is 17.2 Å². The van der Waals surface area contributed by atoms with Gasteiger partial charge in [-0.2, -0.15) is 11.3 Å². The van der Waals surface area contributed by atoms with Crippen LogP contribution in [0.25, 0.3) is 0 Å². The van der Waals surface area contributed by atoms with Crippen LogP contribution in [0, 0.1) is 5.92 Å². The van der Waals surface area contributed by atoms with E-state index < -0.39 is 0 Å². The van der Waals surface area contributed by atoms with Crippen LogP contribution in [0.4, 0.5) is 0 Å². The normalized spacial score (nSPS) is 20.2. The Kier molecular flexibility index (Phi) is 4.37. The van der Waals surface area contributed by atoms with Crippen LogP contribution in [0.3, 0.4) is 0 Å². The van der Waals surface area contributed by atoms with Crippen molar-refractivity contribution in [2.24, 2.45) is 13.0 Å². The molecule has 0 aromatic carbocycles. The fourth-order valence-corrected chi connectivity index (χ4v) is 3.91. The molecular formula is C17H22N4O2S. The molecule has 2 aromatic heterocycles. The van der Waals surface area contributed by atoms with E-state index in [1.807, 2.05) is 33.5 Å². The molecule has 0 radical (unpaired) electrons. The first-order chi connectivity index (χ1) is 11.7. The lowest BCUT2D eigenvalue weighted by atomic mass is 10.0. The van der Waals surface area contributed by atoms with Crippen molar-refractivity contribution in [2.45, 2.75) is 31.7 Å². The zero-order valence-electron chi connectivity index (χ0n) is 13.9. The number of hydrogen-bond donors (Lipinski definition) is 0. The third-order valence-electron chi connectivity index (χ3n) is 4.84. The Morgan fingerprint density at radius 1 is 1.42 bits per heavy atom. The number of thiophene rings is 1. The van der Waals surface area contributed by atoms with Gasteiger partial charge in [0, 0.05) is 26.6 Å². The number of fused-ring (bicyclic) bond motifs is 1. The van der Waals surface area contributed by atoms with E-state index in [1.54, 1.807) is 11.3 Å². The van der Waals surface area contributed by atoms with E-state index in [-0.39, 0.29) is 11.9 Å². The molecule has 0 bridgehead atoms. The number of ether oxygens (including phenoxy) is 1. The van der Waals surface area contributed by atoms with Crippen LogP contribution in [0.1, 0.15) is 35.8 Å². The monoisotopic (exact) mass is 346 g/mol. The van der Waals surface area contributed by atoms with E-state index in [4.69, 9.17) is 4.74 Å². The van der Waals surface area contributed by atoms with Gasteiger partial charge in [0.05, 0.1) is 18.7 Å². The van der Waals surface area contributed by atoms with Gasteiger partial charge >= 0.3 is 0 Å². The second kappa shape index (κ2) is 6.64. The summed E-state index contributed by atoms with van der Waals surface area (Å²) in [5.41, 5.74) is 3.10. The fraction of sp³-hybridized carbons (Fsp3) is 0.588. The Bertz CT molecular complexity index is 708. The molecule has 3 heterocycles. The van der Waals surface area contributed by atoms with Crippen molar-refractivity contribution in [2.75, 3.05) is 19.8 Å². The molecule has 0 N–H and O–H groups in total. The van der Waals surface area contributed by atoms with Crippen LogP contribution in [0.5, 0.6) is 0 Å². The van der Waals surface area contributed by atoms with Gasteiger partial charge in [0.25, 0.3) is 0 Å². The van der Waals surface area contributed by atoms with Crippen molar-refractivity contribution < 1.29 is 9.53 Å². The highest BCUT2D eigenvalue weighted by Gasteiger charge is 2.35. The maximum Gasteiger partial charge on any atom is 0.227 e. The van der Waals surface area contributed by atoms with E-state index in [0.29, 0.717) is 25.5 Å². The Labute approximate surface area is 145 Å². The minimum Gasteiger partial charge on any atom is -0.379 e. The van der Waals surface area contributed by atoms with Crippen LogP contribution >= 0.6 is 11.3 Å². The molecule has 0 spiro atoms. The van der Waals surface area contributed by atoms with Gasteiger partial charge in [-0.1, -0.05) is 5.21 Å². The third kappa shape index (κ3) is 3.23. The lowest BCUT2D eigenvalue weighted by molar-refractivity contribution is -0.135. The zero-order valence-corrected chi connectivity index (χ0v) is 14.7. The number of amides is 1. The minimum absolute atomic E-state index is 0.118. The molecule has 1 aliphatic heterocycles. The Morgan fingerprint density at radius 3 is 3.04 bits per heavy atom. The van der Waals surface area contributed by atoms with E-state index in [2.05, 4.69) is 10.3 Å². The number of aryl methyl sites for hydroxylation is 1. The van der Waals surface area contributed by atoms with Crippen LogP contribution in [0.2, 0.25) is 0 Å². The summed E-state index contributed by atoms with van der Waals surface area (Å²) in [6, 6.07) is 1.89. The summed E-state index contributed by atoms with van der Waals surface area (Å²) in [5.74, 6) is 0.856. The molecule has 1 aliphatic carbocycles. The summed E-state index contributed by atoms with van der Waals surface area (Å²) in [7, 11) is 1.91. The molecule has 4 rings (SSSR count). The summed E-state index contributed by atoms with van der Waals surface area (Å²) >= 11 is 1.62. The van der Waals surface area contributed by atoms with Crippen molar-refractivity contribution in [3.63, 3.8) is 0 Å². The fourth-order valence-electron chi connectivity index (χ4n) is 3.24. The Balaban J connectivity index is 1.50. The molecule has 2 aliphatic rings. The lowest BCUT2D eigenvalue weighted by Gasteiger charge is -2.34. The van der Waals surface area contributed by atoms with Gasteiger partial charge in [-0.3, -0.25) is 9.48 Å². The first-order valence-electron chi connectivity index (χ1n) is 8.49. The van der Waals surface area contributed by atoms with Gasteiger partial charge in [0.1, 0.15) is 11.7 Å². The molecule has 6 nitrogen and oxygen atoms in total. The average Bonchev–Trinajstić information content (AvgIpc) is 3.11. The number of aromatic nitrogens is 3. The summed E-state index contributed by atoms with van der Waals surface area (Å²) < 4.78 is 7.73. The summed E-state index contributed by atoms with van der Waals surface area (Å²) in [6.07, 6.45) is 3.77. The second-order valence-corrected chi connectivity index (χ2v) is 7.47. The molecule has 1 fully saturated rings. The lowest BCUT2D eigenvalue weighted by Crippen LogP contribution is -2.43. The first kappa shape index (κ1) is 15.8. The van der Waals surface area contributed by atoms with E-state index in [0.717, 1.165) is 30.0 Å². The van der Waals surface area contributed by atoms with E-state index >= 15 is 0 Å². The van der Waals surface area contributed by atoms with Gasteiger partial charge in [0.15, 0.2) is 0 Å². The summed E-state index contributed by atoms with van der Waals surface area (Å²) in [6.45, 7) is 2.00. The van der Waals surface area contributed by atoms with Gasteiger partial charge in [-0.15, -0.1) is 5.10 Å². The SMILES string of the molecule is Cn1nnc2c1CCN(C(=O)Cc1ccsc1)C2COCC1CC1. The van der Waals surface area contributed by atoms with E-state index in [1.165, 1.54) is 12.8 Å². The first-order valence-corrected chi connectivity index (χ1v) is 9.43. The Hall–Kier alpha value is -1.73.